The van der Waals surface area contributed by atoms with Gasteiger partial charge in [-0.05, 0) is 36.4 Å². The van der Waals surface area contributed by atoms with E-state index >= 15 is 0 Å². The Balaban J connectivity index is 1.42. The molecule has 154 valence electrons. The Hall–Kier alpha value is -2.97. The summed E-state index contributed by atoms with van der Waals surface area (Å²) in [7, 11) is 0. The van der Waals surface area contributed by atoms with Gasteiger partial charge in [-0.15, -0.1) is 11.3 Å². The maximum absolute atomic E-state index is 13.1. The monoisotopic (exact) mass is 423 g/mol. The fourth-order valence-electron chi connectivity index (χ4n) is 3.85. The second-order valence-corrected chi connectivity index (χ2v) is 8.47. The van der Waals surface area contributed by atoms with Crippen molar-refractivity contribution >= 4 is 39.3 Å². The van der Waals surface area contributed by atoms with Crippen LogP contribution in [-0.2, 0) is 22.6 Å². The largest absolute Gasteiger partial charge is 0.448 e. The highest BCUT2D eigenvalue weighted by Gasteiger charge is 2.24. The predicted octanol–water partition coefficient (Wildman–Crippen LogP) is 3.41. The van der Waals surface area contributed by atoms with E-state index in [1.807, 2.05) is 35.7 Å². The standard InChI is InChI=1S/C22H21N3O4S/c26-19(24(11-15-5-3-9-28-15)12-16-6-4-10-30-16)13-25-14-23-20-17-7-1-2-8-18(17)29-21(20)22(25)27/h1-2,4,6-8,10,14-15H,3,5,9,11-13H2. The number of hydrogen-bond acceptors (Lipinski definition) is 6. The summed E-state index contributed by atoms with van der Waals surface area (Å²) >= 11 is 1.61. The molecule has 30 heavy (non-hydrogen) atoms. The zero-order chi connectivity index (χ0) is 20.5. The van der Waals surface area contributed by atoms with Crippen molar-refractivity contribution in [2.75, 3.05) is 13.2 Å². The number of nitrogens with zero attached hydrogens (tertiary/aromatic N) is 3. The topological polar surface area (TPSA) is 77.6 Å². The second-order valence-electron chi connectivity index (χ2n) is 7.44. The Morgan fingerprint density at radius 3 is 2.97 bits per heavy atom. The van der Waals surface area contributed by atoms with Crippen molar-refractivity contribution in [3.8, 4) is 0 Å². The number of ether oxygens (including phenoxy) is 1. The summed E-state index contributed by atoms with van der Waals surface area (Å²) in [6.45, 7) is 1.67. The molecule has 1 unspecified atom stereocenters. The van der Waals surface area contributed by atoms with Crippen molar-refractivity contribution in [1.29, 1.82) is 0 Å². The van der Waals surface area contributed by atoms with E-state index < -0.39 is 0 Å². The molecule has 8 heteroatoms. The first-order valence-corrected chi connectivity index (χ1v) is 10.9. The van der Waals surface area contributed by atoms with Crippen LogP contribution in [0.15, 0.2) is 57.3 Å². The maximum atomic E-state index is 13.1. The van der Waals surface area contributed by atoms with Crippen LogP contribution >= 0.6 is 11.3 Å². The Labute approximate surface area is 176 Å². The minimum Gasteiger partial charge on any atom is -0.448 e. The van der Waals surface area contributed by atoms with Gasteiger partial charge in [0, 0.05) is 23.4 Å². The number of aromatic nitrogens is 2. The first-order chi connectivity index (χ1) is 14.7. The first kappa shape index (κ1) is 19.0. The van der Waals surface area contributed by atoms with Crippen molar-refractivity contribution in [1.82, 2.24) is 14.5 Å². The minimum absolute atomic E-state index is 0.0432. The van der Waals surface area contributed by atoms with Crippen molar-refractivity contribution in [3.63, 3.8) is 0 Å². The third-order valence-corrected chi connectivity index (χ3v) is 6.24. The average molecular weight is 423 g/mol. The molecule has 0 N–H and O–H groups in total. The molecule has 1 saturated heterocycles. The molecule has 1 aromatic carbocycles. The molecule has 3 aromatic heterocycles. The molecule has 1 atom stereocenters. The Kier molecular flexibility index (Phi) is 5.10. The smallest absolute Gasteiger partial charge is 0.297 e. The summed E-state index contributed by atoms with van der Waals surface area (Å²) < 4.78 is 12.8. The molecule has 0 aliphatic carbocycles. The van der Waals surface area contributed by atoms with Gasteiger partial charge in [0.25, 0.3) is 5.56 Å². The molecule has 1 aliphatic rings. The zero-order valence-corrected chi connectivity index (χ0v) is 17.1. The van der Waals surface area contributed by atoms with Gasteiger partial charge in [0.1, 0.15) is 17.6 Å². The number of benzene rings is 1. The Bertz CT molecular complexity index is 1240. The number of para-hydroxylation sites is 1. The molecule has 7 nitrogen and oxygen atoms in total. The number of amides is 1. The maximum Gasteiger partial charge on any atom is 0.297 e. The lowest BCUT2D eigenvalue weighted by atomic mass is 10.2. The summed E-state index contributed by atoms with van der Waals surface area (Å²) in [4.78, 5) is 33.4. The highest BCUT2D eigenvalue weighted by Crippen LogP contribution is 2.24. The van der Waals surface area contributed by atoms with Crippen LogP contribution in [0.3, 0.4) is 0 Å². The van der Waals surface area contributed by atoms with E-state index in [4.69, 9.17) is 9.15 Å². The van der Waals surface area contributed by atoms with Gasteiger partial charge in [-0.25, -0.2) is 4.98 Å². The first-order valence-electron chi connectivity index (χ1n) is 9.97. The predicted molar refractivity (Wildman–Crippen MR) is 114 cm³/mol. The molecule has 1 fully saturated rings. The molecule has 1 aliphatic heterocycles. The molecule has 1 amide bonds. The van der Waals surface area contributed by atoms with Crippen LogP contribution in [-0.4, -0.2) is 39.6 Å². The van der Waals surface area contributed by atoms with Crippen molar-refractivity contribution in [2.24, 2.45) is 0 Å². The molecule has 0 radical (unpaired) electrons. The zero-order valence-electron chi connectivity index (χ0n) is 16.3. The number of thiophene rings is 1. The van der Waals surface area contributed by atoms with Crippen molar-refractivity contribution in [3.05, 3.63) is 63.3 Å². The summed E-state index contributed by atoms with van der Waals surface area (Å²) in [6, 6.07) is 11.4. The van der Waals surface area contributed by atoms with Gasteiger partial charge in [0.05, 0.1) is 19.0 Å². The highest BCUT2D eigenvalue weighted by atomic mass is 32.1. The Morgan fingerprint density at radius 2 is 2.17 bits per heavy atom. The molecule has 0 bridgehead atoms. The third-order valence-electron chi connectivity index (χ3n) is 5.38. The molecule has 4 heterocycles. The highest BCUT2D eigenvalue weighted by molar-refractivity contribution is 7.09. The van der Waals surface area contributed by atoms with E-state index in [2.05, 4.69) is 4.98 Å². The van der Waals surface area contributed by atoms with Crippen LogP contribution in [0.25, 0.3) is 22.1 Å². The summed E-state index contributed by atoms with van der Waals surface area (Å²) in [5, 5.41) is 2.79. The molecular formula is C22H21N3O4S. The lowest BCUT2D eigenvalue weighted by Crippen LogP contribution is -2.40. The van der Waals surface area contributed by atoms with Gasteiger partial charge in [-0.2, -0.15) is 0 Å². The van der Waals surface area contributed by atoms with E-state index in [9.17, 15) is 9.59 Å². The lowest BCUT2D eigenvalue weighted by molar-refractivity contribution is -0.134. The average Bonchev–Trinajstić information content (AvgIpc) is 3.51. The quantitative estimate of drug-likeness (QED) is 0.475. The van der Waals surface area contributed by atoms with Crippen LogP contribution < -0.4 is 5.56 Å². The van der Waals surface area contributed by atoms with Gasteiger partial charge in [-0.3, -0.25) is 14.2 Å². The van der Waals surface area contributed by atoms with Gasteiger partial charge in [0.2, 0.25) is 11.5 Å². The fourth-order valence-corrected chi connectivity index (χ4v) is 4.57. The van der Waals surface area contributed by atoms with Gasteiger partial charge >= 0.3 is 0 Å². The molecular weight excluding hydrogens is 402 g/mol. The summed E-state index contributed by atoms with van der Waals surface area (Å²) in [5.74, 6) is -0.140. The molecule has 0 saturated carbocycles. The van der Waals surface area contributed by atoms with Gasteiger partial charge in [-0.1, -0.05) is 18.2 Å². The van der Waals surface area contributed by atoms with Gasteiger partial charge in [0.15, 0.2) is 0 Å². The van der Waals surface area contributed by atoms with E-state index in [-0.39, 0.29) is 29.7 Å². The lowest BCUT2D eigenvalue weighted by Gasteiger charge is -2.25. The van der Waals surface area contributed by atoms with Crippen LogP contribution in [0.2, 0.25) is 0 Å². The number of furan rings is 1. The van der Waals surface area contributed by atoms with E-state index in [1.54, 1.807) is 22.3 Å². The third kappa shape index (κ3) is 3.64. The summed E-state index contributed by atoms with van der Waals surface area (Å²) in [6.07, 6.45) is 3.43. The van der Waals surface area contributed by atoms with Gasteiger partial charge < -0.3 is 14.1 Å². The van der Waals surface area contributed by atoms with Crippen LogP contribution in [0.4, 0.5) is 0 Å². The molecule has 4 aromatic rings. The van der Waals surface area contributed by atoms with Crippen molar-refractivity contribution < 1.29 is 13.9 Å². The Morgan fingerprint density at radius 1 is 1.27 bits per heavy atom. The normalized spacial score (nSPS) is 16.5. The fraction of sp³-hybridized carbons (Fsp3) is 0.318. The SMILES string of the molecule is O=C(Cn1cnc2c(oc3ccccc32)c1=O)N(Cc1cccs1)CC1CCCO1. The molecule has 5 rings (SSSR count). The number of hydrogen-bond donors (Lipinski definition) is 0. The molecule has 0 spiro atoms. The van der Waals surface area contributed by atoms with Crippen LogP contribution in [0.5, 0.6) is 0 Å². The van der Waals surface area contributed by atoms with Crippen LogP contribution in [0, 0.1) is 0 Å². The number of rotatable bonds is 6. The number of carbonyl (C=O) groups excluding carboxylic acids is 1. The summed E-state index contributed by atoms with van der Waals surface area (Å²) in [5.41, 5.74) is 0.959. The number of carbonyl (C=O) groups is 1. The van der Waals surface area contributed by atoms with Crippen LogP contribution in [0.1, 0.15) is 17.7 Å². The van der Waals surface area contributed by atoms with E-state index in [0.29, 0.717) is 24.2 Å². The second kappa shape index (κ2) is 8.04. The number of fused-ring (bicyclic) bond motifs is 3. The van der Waals surface area contributed by atoms with E-state index in [0.717, 1.165) is 29.7 Å². The van der Waals surface area contributed by atoms with E-state index in [1.165, 1.54) is 10.9 Å². The van der Waals surface area contributed by atoms with Crippen molar-refractivity contribution in [2.45, 2.75) is 32.0 Å². The minimum atomic E-state index is -0.349.